The van der Waals surface area contributed by atoms with E-state index in [1.807, 2.05) is 12.1 Å². The van der Waals surface area contributed by atoms with Crippen molar-refractivity contribution in [3.63, 3.8) is 0 Å². The van der Waals surface area contributed by atoms with Crippen molar-refractivity contribution >= 4 is 46.7 Å². The predicted octanol–water partition coefficient (Wildman–Crippen LogP) is 7.85. The molecule has 41 heavy (non-hydrogen) atoms. The molecule has 0 unspecified atom stereocenters. The van der Waals surface area contributed by atoms with Gasteiger partial charge in [-0.05, 0) is 55.2 Å². The van der Waals surface area contributed by atoms with Crippen LogP contribution in [0.2, 0.25) is 10.0 Å². The molecule has 0 atom stereocenters. The molecular weight excluding hydrogens is 569 g/mol. The van der Waals surface area contributed by atoms with E-state index in [4.69, 9.17) is 42.1 Å². The molecule has 3 aromatic carbocycles. The molecule has 0 aromatic heterocycles. The Balaban J connectivity index is 1.93. The van der Waals surface area contributed by atoms with Crippen LogP contribution in [0.3, 0.4) is 0 Å². The predicted molar refractivity (Wildman–Crippen MR) is 159 cm³/mol. The second-order valence-electron chi connectivity index (χ2n) is 9.95. The zero-order valence-electron chi connectivity index (χ0n) is 23.9. The SMILES string of the molecule is CCOC(=O)CN(C(=O)OCC)c1cc(Cl)c(Oc2ccc(OC)c(C(=O)c3ccc(C(C)(C)C)cc3)c2)c(Cl)c1. The summed E-state index contributed by atoms with van der Waals surface area (Å²) in [6, 6.07) is 15.1. The van der Waals surface area contributed by atoms with Crippen molar-refractivity contribution < 1.29 is 33.3 Å². The van der Waals surface area contributed by atoms with E-state index in [0.29, 0.717) is 16.9 Å². The summed E-state index contributed by atoms with van der Waals surface area (Å²) in [4.78, 5) is 39.2. The summed E-state index contributed by atoms with van der Waals surface area (Å²) >= 11 is 13.0. The van der Waals surface area contributed by atoms with Crippen molar-refractivity contribution in [1.29, 1.82) is 0 Å². The van der Waals surface area contributed by atoms with Gasteiger partial charge in [0.15, 0.2) is 11.5 Å². The number of amides is 1. The number of nitrogens with zero attached hydrogens (tertiary/aromatic N) is 1. The molecule has 8 nitrogen and oxygen atoms in total. The van der Waals surface area contributed by atoms with Crippen LogP contribution < -0.4 is 14.4 Å². The minimum Gasteiger partial charge on any atom is -0.496 e. The van der Waals surface area contributed by atoms with Gasteiger partial charge in [0.25, 0.3) is 0 Å². The van der Waals surface area contributed by atoms with E-state index >= 15 is 0 Å². The molecule has 3 rings (SSSR count). The van der Waals surface area contributed by atoms with E-state index in [9.17, 15) is 14.4 Å². The summed E-state index contributed by atoms with van der Waals surface area (Å²) in [5.41, 5.74) is 2.06. The monoisotopic (exact) mass is 601 g/mol. The molecule has 0 bridgehead atoms. The molecular formula is C31H33Cl2NO7. The molecule has 3 aromatic rings. The molecule has 0 saturated heterocycles. The number of methoxy groups -OCH3 is 1. The average molecular weight is 603 g/mol. The van der Waals surface area contributed by atoms with Crippen LogP contribution in [0.5, 0.6) is 17.2 Å². The summed E-state index contributed by atoms with van der Waals surface area (Å²) in [5, 5.41) is 0.124. The molecule has 10 heteroatoms. The van der Waals surface area contributed by atoms with E-state index in [-0.39, 0.29) is 51.6 Å². The van der Waals surface area contributed by atoms with Crippen LogP contribution in [0.25, 0.3) is 0 Å². The molecule has 1 amide bonds. The lowest BCUT2D eigenvalue weighted by molar-refractivity contribution is -0.141. The Morgan fingerprint density at radius 2 is 1.46 bits per heavy atom. The topological polar surface area (TPSA) is 91.4 Å². The van der Waals surface area contributed by atoms with E-state index in [2.05, 4.69) is 20.8 Å². The zero-order chi connectivity index (χ0) is 30.3. The summed E-state index contributed by atoms with van der Waals surface area (Å²) in [7, 11) is 1.48. The Bertz CT molecular complexity index is 1390. The number of ketones is 1. The van der Waals surface area contributed by atoms with Gasteiger partial charge in [0, 0.05) is 5.56 Å². The quantitative estimate of drug-likeness (QED) is 0.172. The normalized spacial score (nSPS) is 11.0. The number of hydrogen-bond acceptors (Lipinski definition) is 7. The van der Waals surface area contributed by atoms with E-state index in [1.54, 1.807) is 44.2 Å². The number of rotatable bonds is 10. The summed E-state index contributed by atoms with van der Waals surface area (Å²) < 4.78 is 21.5. The average Bonchev–Trinajstić information content (AvgIpc) is 2.93. The molecule has 0 aliphatic carbocycles. The lowest BCUT2D eigenvalue weighted by atomic mass is 9.86. The molecule has 0 radical (unpaired) electrons. The van der Waals surface area contributed by atoms with Gasteiger partial charge >= 0.3 is 12.1 Å². The Morgan fingerprint density at radius 3 is 2.00 bits per heavy atom. The minimum absolute atomic E-state index is 0.0483. The lowest BCUT2D eigenvalue weighted by Crippen LogP contribution is -2.37. The summed E-state index contributed by atoms with van der Waals surface area (Å²) in [6.45, 7) is 9.46. The molecule has 0 fully saturated rings. The highest BCUT2D eigenvalue weighted by molar-refractivity contribution is 6.37. The van der Waals surface area contributed by atoms with Gasteiger partial charge in [0.1, 0.15) is 18.0 Å². The minimum atomic E-state index is -0.768. The molecule has 218 valence electrons. The first-order chi connectivity index (χ1) is 19.4. The number of ether oxygens (including phenoxy) is 4. The van der Waals surface area contributed by atoms with E-state index in [0.717, 1.165) is 10.5 Å². The maximum absolute atomic E-state index is 13.4. The van der Waals surface area contributed by atoms with Crippen molar-refractivity contribution in [1.82, 2.24) is 0 Å². The van der Waals surface area contributed by atoms with Crippen LogP contribution in [0, 0.1) is 0 Å². The number of halogens is 2. The van der Waals surface area contributed by atoms with Gasteiger partial charge in [-0.2, -0.15) is 0 Å². The van der Waals surface area contributed by atoms with Gasteiger partial charge < -0.3 is 18.9 Å². The first-order valence-electron chi connectivity index (χ1n) is 13.0. The third-order valence-electron chi connectivity index (χ3n) is 6.02. The number of hydrogen-bond donors (Lipinski definition) is 0. The Labute approximate surface area is 250 Å². The maximum atomic E-state index is 13.4. The fourth-order valence-electron chi connectivity index (χ4n) is 3.92. The number of anilines is 1. The van der Waals surface area contributed by atoms with Crippen LogP contribution in [0.1, 0.15) is 56.1 Å². The molecule has 0 heterocycles. The smallest absolute Gasteiger partial charge is 0.414 e. The van der Waals surface area contributed by atoms with Gasteiger partial charge in [0.2, 0.25) is 0 Å². The Kier molecular flexibility index (Phi) is 10.7. The number of carbonyl (C=O) groups is 3. The molecule has 0 saturated carbocycles. The molecule has 0 spiro atoms. The fourth-order valence-corrected chi connectivity index (χ4v) is 4.47. The Hall–Kier alpha value is -3.75. The number of esters is 1. The van der Waals surface area contributed by atoms with Crippen molar-refractivity contribution in [2.45, 2.75) is 40.0 Å². The van der Waals surface area contributed by atoms with Crippen molar-refractivity contribution in [3.8, 4) is 17.2 Å². The van der Waals surface area contributed by atoms with Crippen molar-refractivity contribution in [2.75, 3.05) is 31.8 Å². The van der Waals surface area contributed by atoms with Gasteiger partial charge in [-0.3, -0.25) is 14.5 Å². The van der Waals surface area contributed by atoms with Crippen LogP contribution in [0.4, 0.5) is 10.5 Å². The van der Waals surface area contributed by atoms with Gasteiger partial charge in [-0.25, -0.2) is 4.79 Å². The standard InChI is InChI=1S/C31H33Cl2NO7/c1-7-39-27(35)18-34(30(37)40-8-2)21-15-24(32)29(25(33)16-21)41-22-13-14-26(38-6)23(17-22)28(36)19-9-11-20(12-10-19)31(3,4)5/h9-17H,7-8,18H2,1-6H3. The Morgan fingerprint density at radius 1 is 0.854 bits per heavy atom. The largest absolute Gasteiger partial charge is 0.496 e. The molecule has 0 aliphatic heterocycles. The summed E-state index contributed by atoms with van der Waals surface area (Å²) in [6.07, 6.45) is -0.768. The highest BCUT2D eigenvalue weighted by atomic mass is 35.5. The highest BCUT2D eigenvalue weighted by Gasteiger charge is 2.24. The summed E-state index contributed by atoms with van der Waals surface area (Å²) in [5.74, 6) is -0.124. The number of benzene rings is 3. The highest BCUT2D eigenvalue weighted by Crippen LogP contribution is 2.41. The second-order valence-corrected chi connectivity index (χ2v) is 10.8. The fraction of sp³-hybridized carbons (Fsp3) is 0.323. The van der Waals surface area contributed by atoms with Crippen LogP contribution >= 0.6 is 23.2 Å². The van der Waals surface area contributed by atoms with E-state index < -0.39 is 18.6 Å². The maximum Gasteiger partial charge on any atom is 0.414 e. The van der Waals surface area contributed by atoms with Gasteiger partial charge in [-0.15, -0.1) is 0 Å². The van der Waals surface area contributed by atoms with Gasteiger partial charge in [0.05, 0.1) is 41.6 Å². The van der Waals surface area contributed by atoms with Crippen molar-refractivity contribution in [3.05, 3.63) is 81.3 Å². The van der Waals surface area contributed by atoms with Crippen LogP contribution in [-0.2, 0) is 19.7 Å². The first-order valence-corrected chi connectivity index (χ1v) is 13.7. The second kappa shape index (κ2) is 13.7. The molecule has 0 N–H and O–H groups in total. The van der Waals surface area contributed by atoms with Crippen molar-refractivity contribution in [2.24, 2.45) is 0 Å². The number of carbonyl (C=O) groups excluding carboxylic acids is 3. The molecule has 0 aliphatic rings. The van der Waals surface area contributed by atoms with Gasteiger partial charge in [-0.1, -0.05) is 68.2 Å². The van der Waals surface area contributed by atoms with Crippen LogP contribution in [0.15, 0.2) is 54.6 Å². The third kappa shape index (κ3) is 7.93. The first kappa shape index (κ1) is 31.8. The lowest BCUT2D eigenvalue weighted by Gasteiger charge is -2.22. The van der Waals surface area contributed by atoms with Crippen LogP contribution in [-0.4, -0.2) is 44.7 Å². The van der Waals surface area contributed by atoms with E-state index in [1.165, 1.54) is 19.2 Å². The third-order valence-corrected chi connectivity index (χ3v) is 6.59. The zero-order valence-corrected chi connectivity index (χ0v) is 25.4.